The number of carbonyl (C=O) groups is 3. The molecule has 7 nitrogen and oxygen atoms in total. The summed E-state index contributed by atoms with van der Waals surface area (Å²) in [5.41, 5.74) is 1.02. The minimum absolute atomic E-state index is 0.132. The van der Waals surface area contributed by atoms with Gasteiger partial charge in [-0.25, -0.2) is 9.18 Å². The molecule has 8 heteroatoms. The van der Waals surface area contributed by atoms with Gasteiger partial charge < -0.3 is 20.2 Å². The monoisotopic (exact) mass is 477 g/mol. The Hall–Kier alpha value is -4.20. The lowest BCUT2D eigenvalue weighted by atomic mass is 9.68. The quantitative estimate of drug-likeness (QED) is 0.462. The summed E-state index contributed by atoms with van der Waals surface area (Å²) in [5, 5.41) is 29.6. The van der Waals surface area contributed by atoms with Gasteiger partial charge in [0.25, 0.3) is 0 Å². The highest BCUT2D eigenvalue weighted by molar-refractivity contribution is 6.02. The Balaban J connectivity index is 1.89. The maximum Gasteiger partial charge on any atom is 0.407 e. The molecule has 2 unspecified atom stereocenters. The van der Waals surface area contributed by atoms with Gasteiger partial charge in [-0.05, 0) is 48.4 Å². The molecule has 35 heavy (non-hydrogen) atoms. The number of ketones is 2. The first kappa shape index (κ1) is 23.9. The Morgan fingerprint density at radius 3 is 1.77 bits per heavy atom. The van der Waals surface area contributed by atoms with E-state index in [0.29, 0.717) is 5.56 Å². The molecular formula is C27H24FNO6. The Morgan fingerprint density at radius 2 is 1.31 bits per heavy atom. The summed E-state index contributed by atoms with van der Waals surface area (Å²) >= 11 is 0. The number of nitrogens with zero attached hydrogens (tertiary/aromatic N) is 1. The van der Waals surface area contributed by atoms with E-state index in [9.17, 15) is 34.1 Å². The average Bonchev–Trinajstić information content (AvgIpc) is 2.84. The zero-order valence-electron chi connectivity index (χ0n) is 18.9. The molecule has 180 valence electrons. The number of rotatable bonds is 5. The lowest BCUT2D eigenvalue weighted by Crippen LogP contribution is -2.52. The van der Waals surface area contributed by atoms with E-state index in [1.165, 1.54) is 60.7 Å². The molecule has 3 aromatic carbocycles. The number of carbonyl (C=O) groups excluding carboxylic acids is 2. The van der Waals surface area contributed by atoms with Gasteiger partial charge in [-0.15, -0.1) is 0 Å². The third kappa shape index (κ3) is 4.73. The van der Waals surface area contributed by atoms with E-state index in [4.69, 9.17) is 0 Å². The summed E-state index contributed by atoms with van der Waals surface area (Å²) in [6.45, 7) is 1.16. The standard InChI is InChI=1S/C27H24FNO6/c1-15-20(9-4-10-23(15)28)24-21(25(32)16-5-2-7-18(30)11-16)13-29(27(34)35)14-22(24)26(33)17-6-3-8-19(31)12-17/h2-12,21-22,24,30-31H,13-14H2,1H3,(H,34,35). The average molecular weight is 477 g/mol. The molecule has 1 amide bonds. The molecule has 1 heterocycles. The Morgan fingerprint density at radius 1 is 0.829 bits per heavy atom. The number of piperidine rings is 1. The van der Waals surface area contributed by atoms with E-state index in [1.54, 1.807) is 13.0 Å². The van der Waals surface area contributed by atoms with Crippen LogP contribution in [0.5, 0.6) is 11.5 Å². The molecule has 2 atom stereocenters. The summed E-state index contributed by atoms with van der Waals surface area (Å²) in [5.74, 6) is -4.58. The largest absolute Gasteiger partial charge is 0.508 e. The predicted octanol–water partition coefficient (Wildman–Crippen LogP) is 4.62. The van der Waals surface area contributed by atoms with Crippen molar-refractivity contribution in [3.63, 3.8) is 0 Å². The Kier molecular flexibility index (Phi) is 6.55. The first-order valence-electron chi connectivity index (χ1n) is 11.1. The zero-order chi connectivity index (χ0) is 25.3. The van der Waals surface area contributed by atoms with Crippen LogP contribution in [0.15, 0.2) is 66.7 Å². The van der Waals surface area contributed by atoms with E-state index in [2.05, 4.69) is 0 Å². The number of phenolic OH excluding ortho intramolecular Hbond substituents is 2. The lowest BCUT2D eigenvalue weighted by Gasteiger charge is -2.42. The van der Waals surface area contributed by atoms with Crippen LogP contribution in [0.4, 0.5) is 9.18 Å². The van der Waals surface area contributed by atoms with Crippen LogP contribution in [0.1, 0.15) is 37.8 Å². The number of likely N-dealkylation sites (tertiary alicyclic amines) is 1. The first-order valence-corrected chi connectivity index (χ1v) is 11.1. The van der Waals surface area contributed by atoms with Gasteiger partial charge in [0.15, 0.2) is 11.6 Å². The van der Waals surface area contributed by atoms with Crippen molar-refractivity contribution in [1.29, 1.82) is 0 Å². The highest BCUT2D eigenvalue weighted by atomic mass is 19.1. The predicted molar refractivity (Wildman–Crippen MR) is 125 cm³/mol. The third-order valence-corrected chi connectivity index (χ3v) is 6.58. The van der Waals surface area contributed by atoms with Crippen LogP contribution >= 0.6 is 0 Å². The van der Waals surface area contributed by atoms with Gasteiger partial charge in [-0.3, -0.25) is 9.59 Å². The van der Waals surface area contributed by atoms with E-state index in [0.717, 1.165) is 4.90 Å². The molecule has 1 fully saturated rings. The molecule has 0 aliphatic carbocycles. The van der Waals surface area contributed by atoms with Crippen molar-refractivity contribution in [2.75, 3.05) is 13.1 Å². The van der Waals surface area contributed by atoms with Gasteiger partial charge in [0.2, 0.25) is 0 Å². The fraction of sp³-hybridized carbons (Fsp3) is 0.222. The first-order chi connectivity index (χ1) is 16.7. The molecule has 0 saturated carbocycles. The van der Waals surface area contributed by atoms with Gasteiger partial charge in [-0.1, -0.05) is 36.4 Å². The Labute approximate surface area is 201 Å². The second-order valence-corrected chi connectivity index (χ2v) is 8.71. The molecule has 0 spiro atoms. The fourth-order valence-corrected chi connectivity index (χ4v) is 4.87. The minimum atomic E-state index is -1.29. The van der Waals surface area contributed by atoms with Crippen molar-refractivity contribution < 1.29 is 34.1 Å². The minimum Gasteiger partial charge on any atom is -0.508 e. The molecule has 3 aromatic rings. The van der Waals surface area contributed by atoms with E-state index >= 15 is 0 Å². The molecular weight excluding hydrogens is 453 g/mol. The van der Waals surface area contributed by atoms with Crippen LogP contribution in [-0.2, 0) is 0 Å². The van der Waals surface area contributed by atoms with Gasteiger partial charge in [0, 0.05) is 42.0 Å². The van der Waals surface area contributed by atoms with Crippen molar-refractivity contribution in [2.24, 2.45) is 11.8 Å². The number of halogens is 1. The molecule has 1 aliphatic rings. The number of hydrogen-bond acceptors (Lipinski definition) is 5. The fourth-order valence-electron chi connectivity index (χ4n) is 4.87. The Bertz CT molecular complexity index is 1240. The maximum absolute atomic E-state index is 14.6. The SMILES string of the molecule is Cc1c(F)cccc1C1C(C(=O)c2cccc(O)c2)CN(C(=O)O)CC1C(=O)c1cccc(O)c1. The van der Waals surface area contributed by atoms with Crippen molar-refractivity contribution in [1.82, 2.24) is 4.90 Å². The van der Waals surface area contributed by atoms with Crippen LogP contribution in [0.25, 0.3) is 0 Å². The smallest absolute Gasteiger partial charge is 0.407 e. The number of aromatic hydroxyl groups is 2. The number of benzene rings is 3. The van der Waals surface area contributed by atoms with Gasteiger partial charge in [-0.2, -0.15) is 0 Å². The van der Waals surface area contributed by atoms with Gasteiger partial charge in [0.1, 0.15) is 17.3 Å². The van der Waals surface area contributed by atoms with Gasteiger partial charge >= 0.3 is 6.09 Å². The number of hydrogen-bond donors (Lipinski definition) is 3. The molecule has 0 aromatic heterocycles. The molecule has 0 radical (unpaired) electrons. The summed E-state index contributed by atoms with van der Waals surface area (Å²) < 4.78 is 14.6. The molecule has 1 aliphatic heterocycles. The van der Waals surface area contributed by atoms with Crippen molar-refractivity contribution in [2.45, 2.75) is 12.8 Å². The summed E-state index contributed by atoms with van der Waals surface area (Å²) in [6.07, 6.45) is -1.29. The third-order valence-electron chi connectivity index (χ3n) is 6.58. The second kappa shape index (κ2) is 9.58. The normalized spacial score (nSPS) is 19.8. The van der Waals surface area contributed by atoms with Crippen LogP contribution in [0, 0.1) is 24.6 Å². The van der Waals surface area contributed by atoms with Crippen LogP contribution in [0.2, 0.25) is 0 Å². The molecule has 3 N–H and O–H groups in total. The van der Waals surface area contributed by atoms with Crippen molar-refractivity contribution in [3.8, 4) is 11.5 Å². The van der Waals surface area contributed by atoms with E-state index in [1.807, 2.05) is 0 Å². The molecule has 4 rings (SSSR count). The maximum atomic E-state index is 14.6. The molecule has 1 saturated heterocycles. The van der Waals surface area contributed by atoms with Gasteiger partial charge in [0.05, 0.1) is 0 Å². The number of carboxylic acid groups (broad SMARTS) is 1. The van der Waals surface area contributed by atoms with Crippen molar-refractivity contribution >= 4 is 17.7 Å². The van der Waals surface area contributed by atoms with E-state index < -0.39 is 41.2 Å². The number of phenols is 2. The summed E-state index contributed by atoms with van der Waals surface area (Å²) in [4.78, 5) is 40.4. The van der Waals surface area contributed by atoms with Crippen LogP contribution in [0.3, 0.4) is 0 Å². The number of amides is 1. The summed E-state index contributed by atoms with van der Waals surface area (Å²) in [6, 6.07) is 15.8. The zero-order valence-corrected chi connectivity index (χ0v) is 18.9. The summed E-state index contributed by atoms with van der Waals surface area (Å²) in [7, 11) is 0. The highest BCUT2D eigenvalue weighted by Gasteiger charge is 2.46. The molecule has 0 bridgehead atoms. The topological polar surface area (TPSA) is 115 Å². The second-order valence-electron chi connectivity index (χ2n) is 8.71. The van der Waals surface area contributed by atoms with Crippen LogP contribution < -0.4 is 0 Å². The van der Waals surface area contributed by atoms with Crippen molar-refractivity contribution in [3.05, 3.63) is 94.8 Å². The number of Topliss-reactive ketones (excluding diaryl/α,β-unsaturated/α-hetero) is 2. The lowest BCUT2D eigenvalue weighted by molar-refractivity contribution is 0.0570. The van der Waals surface area contributed by atoms with E-state index in [-0.39, 0.29) is 41.3 Å². The van der Waals surface area contributed by atoms with Crippen LogP contribution in [-0.4, -0.2) is 51.0 Å². The highest BCUT2D eigenvalue weighted by Crippen LogP contribution is 2.42.